The molecule has 0 saturated carbocycles. The molecule has 0 aliphatic heterocycles. The normalized spacial score (nSPS) is 12.8. The number of thiazole rings is 1. The van der Waals surface area contributed by atoms with Crippen molar-refractivity contribution in [2.75, 3.05) is 0 Å². The van der Waals surface area contributed by atoms with E-state index in [1.54, 1.807) is 17.4 Å². The Morgan fingerprint density at radius 2 is 2.20 bits per heavy atom. The lowest BCUT2D eigenvalue weighted by atomic mass is 10.1. The topological polar surface area (TPSA) is 55.1 Å². The van der Waals surface area contributed by atoms with Crippen LogP contribution in [0.15, 0.2) is 21.9 Å². The number of nitrogens with zero attached hydrogens (tertiary/aromatic N) is 1. The van der Waals surface area contributed by atoms with E-state index in [4.69, 9.17) is 4.42 Å². The third-order valence-electron chi connectivity index (χ3n) is 2.95. The SMILES string of the molecule is Cc1cc(C(C)NC(=O)/C=C/c2csc(C)n2)c(C)o1. The van der Waals surface area contributed by atoms with Crippen molar-refractivity contribution >= 4 is 23.3 Å². The molecule has 0 spiro atoms. The second kappa shape index (κ2) is 6.05. The molecular weight excluding hydrogens is 272 g/mol. The maximum Gasteiger partial charge on any atom is 0.244 e. The van der Waals surface area contributed by atoms with E-state index in [0.29, 0.717) is 0 Å². The van der Waals surface area contributed by atoms with Crippen molar-refractivity contribution in [1.29, 1.82) is 0 Å². The number of furan rings is 1. The molecule has 2 aromatic rings. The minimum Gasteiger partial charge on any atom is -0.466 e. The molecule has 0 aromatic carbocycles. The van der Waals surface area contributed by atoms with Crippen molar-refractivity contribution in [3.05, 3.63) is 45.3 Å². The Morgan fingerprint density at radius 1 is 1.45 bits per heavy atom. The fraction of sp³-hybridized carbons (Fsp3) is 0.333. The molecule has 0 aliphatic rings. The maximum absolute atomic E-state index is 11.9. The van der Waals surface area contributed by atoms with Crippen molar-refractivity contribution in [2.24, 2.45) is 0 Å². The van der Waals surface area contributed by atoms with Crippen LogP contribution in [0.3, 0.4) is 0 Å². The number of hydrogen-bond donors (Lipinski definition) is 1. The molecule has 2 heterocycles. The number of amides is 1. The summed E-state index contributed by atoms with van der Waals surface area (Å²) in [6.07, 6.45) is 3.23. The van der Waals surface area contributed by atoms with Crippen LogP contribution in [0.2, 0.25) is 0 Å². The van der Waals surface area contributed by atoms with Gasteiger partial charge in [0.2, 0.25) is 5.91 Å². The smallest absolute Gasteiger partial charge is 0.244 e. The van der Waals surface area contributed by atoms with Gasteiger partial charge in [-0.2, -0.15) is 0 Å². The third kappa shape index (κ3) is 3.57. The summed E-state index contributed by atoms with van der Waals surface area (Å²) in [4.78, 5) is 16.1. The lowest BCUT2D eigenvalue weighted by Gasteiger charge is -2.11. The highest BCUT2D eigenvalue weighted by molar-refractivity contribution is 7.09. The minimum absolute atomic E-state index is 0.0817. The average molecular weight is 290 g/mol. The van der Waals surface area contributed by atoms with Crippen molar-refractivity contribution in [1.82, 2.24) is 10.3 Å². The molecule has 20 heavy (non-hydrogen) atoms. The van der Waals surface area contributed by atoms with Gasteiger partial charge in [0.15, 0.2) is 0 Å². The van der Waals surface area contributed by atoms with Gasteiger partial charge in [0, 0.05) is 17.0 Å². The lowest BCUT2D eigenvalue weighted by molar-refractivity contribution is -0.117. The van der Waals surface area contributed by atoms with E-state index >= 15 is 0 Å². The molecule has 0 saturated heterocycles. The van der Waals surface area contributed by atoms with Gasteiger partial charge in [-0.3, -0.25) is 4.79 Å². The number of rotatable bonds is 4. The van der Waals surface area contributed by atoms with E-state index < -0.39 is 0 Å². The second-order valence-electron chi connectivity index (χ2n) is 4.72. The molecule has 2 rings (SSSR count). The first-order valence-corrected chi connectivity index (χ1v) is 7.31. The summed E-state index contributed by atoms with van der Waals surface area (Å²) in [5.41, 5.74) is 1.82. The number of aryl methyl sites for hydroxylation is 3. The average Bonchev–Trinajstić information content (AvgIpc) is 2.92. The molecule has 5 heteroatoms. The van der Waals surface area contributed by atoms with Gasteiger partial charge < -0.3 is 9.73 Å². The maximum atomic E-state index is 11.9. The summed E-state index contributed by atoms with van der Waals surface area (Å²) < 4.78 is 5.47. The summed E-state index contributed by atoms with van der Waals surface area (Å²) in [5.74, 6) is 1.56. The fourth-order valence-electron chi connectivity index (χ4n) is 2.04. The Hall–Kier alpha value is -1.88. The molecule has 1 N–H and O–H groups in total. The van der Waals surface area contributed by atoms with Gasteiger partial charge >= 0.3 is 0 Å². The van der Waals surface area contributed by atoms with Gasteiger partial charge in [-0.25, -0.2) is 4.98 Å². The van der Waals surface area contributed by atoms with Gasteiger partial charge in [0.05, 0.1) is 16.7 Å². The van der Waals surface area contributed by atoms with E-state index in [0.717, 1.165) is 27.8 Å². The Labute approximate surface area is 122 Å². The molecule has 0 radical (unpaired) electrons. The highest BCUT2D eigenvalue weighted by atomic mass is 32.1. The van der Waals surface area contributed by atoms with E-state index in [1.165, 1.54) is 6.08 Å². The van der Waals surface area contributed by atoms with Crippen LogP contribution in [0.25, 0.3) is 6.08 Å². The standard InChI is InChI=1S/C15H18N2O2S/c1-9-7-14(11(3)19-9)10(2)16-15(18)6-5-13-8-20-12(4)17-13/h5-8,10H,1-4H3,(H,16,18)/b6-5+. The zero-order chi connectivity index (χ0) is 14.7. The van der Waals surface area contributed by atoms with Gasteiger partial charge in [-0.1, -0.05) is 0 Å². The van der Waals surface area contributed by atoms with Crippen molar-refractivity contribution in [3.8, 4) is 0 Å². The number of aromatic nitrogens is 1. The quantitative estimate of drug-likeness (QED) is 0.876. The van der Waals surface area contributed by atoms with Crippen LogP contribution in [0.5, 0.6) is 0 Å². The highest BCUT2D eigenvalue weighted by Crippen LogP contribution is 2.21. The number of carbonyl (C=O) groups excluding carboxylic acids is 1. The largest absolute Gasteiger partial charge is 0.466 e. The van der Waals surface area contributed by atoms with Gasteiger partial charge in [-0.15, -0.1) is 11.3 Å². The summed E-state index contributed by atoms with van der Waals surface area (Å²) in [6, 6.07) is 1.87. The number of hydrogen-bond acceptors (Lipinski definition) is 4. The molecule has 106 valence electrons. The van der Waals surface area contributed by atoms with Crippen LogP contribution < -0.4 is 5.32 Å². The van der Waals surface area contributed by atoms with Gasteiger partial charge in [0.1, 0.15) is 11.5 Å². The zero-order valence-electron chi connectivity index (χ0n) is 12.1. The molecule has 0 aliphatic carbocycles. The second-order valence-corrected chi connectivity index (χ2v) is 5.79. The summed E-state index contributed by atoms with van der Waals surface area (Å²) >= 11 is 1.57. The van der Waals surface area contributed by atoms with Crippen LogP contribution >= 0.6 is 11.3 Å². The minimum atomic E-state index is -0.138. The Bertz CT molecular complexity index is 640. The predicted molar refractivity (Wildman–Crippen MR) is 80.6 cm³/mol. The summed E-state index contributed by atoms with van der Waals surface area (Å²) in [7, 11) is 0. The molecule has 1 atom stereocenters. The molecule has 0 fully saturated rings. The number of nitrogens with one attached hydrogen (secondary N) is 1. The molecule has 1 unspecified atom stereocenters. The van der Waals surface area contributed by atoms with E-state index in [1.807, 2.05) is 39.1 Å². The van der Waals surface area contributed by atoms with E-state index in [-0.39, 0.29) is 11.9 Å². The van der Waals surface area contributed by atoms with Crippen molar-refractivity contribution in [2.45, 2.75) is 33.7 Å². The molecule has 0 bridgehead atoms. The van der Waals surface area contributed by atoms with E-state index in [2.05, 4.69) is 10.3 Å². The first-order valence-electron chi connectivity index (χ1n) is 6.43. The third-order valence-corrected chi connectivity index (χ3v) is 3.74. The van der Waals surface area contributed by atoms with Gasteiger partial charge in [-0.05, 0) is 39.8 Å². The number of carbonyl (C=O) groups is 1. The Kier molecular flexibility index (Phi) is 4.39. The van der Waals surface area contributed by atoms with Crippen LogP contribution in [0.4, 0.5) is 0 Å². The molecule has 1 amide bonds. The lowest BCUT2D eigenvalue weighted by Crippen LogP contribution is -2.24. The summed E-state index contributed by atoms with van der Waals surface area (Å²) in [6.45, 7) is 7.68. The first kappa shape index (κ1) is 14.5. The fourth-order valence-corrected chi connectivity index (χ4v) is 2.62. The monoisotopic (exact) mass is 290 g/mol. The Balaban J connectivity index is 1.97. The van der Waals surface area contributed by atoms with Crippen LogP contribution in [-0.4, -0.2) is 10.9 Å². The highest BCUT2D eigenvalue weighted by Gasteiger charge is 2.13. The molecule has 4 nitrogen and oxygen atoms in total. The van der Waals surface area contributed by atoms with Crippen LogP contribution in [-0.2, 0) is 4.79 Å². The molecular formula is C15H18N2O2S. The predicted octanol–water partition coefficient (Wildman–Crippen LogP) is 3.55. The Morgan fingerprint density at radius 3 is 2.75 bits per heavy atom. The molecule has 2 aromatic heterocycles. The van der Waals surface area contributed by atoms with Crippen LogP contribution in [0.1, 0.15) is 40.8 Å². The first-order chi connectivity index (χ1) is 9.45. The van der Waals surface area contributed by atoms with Gasteiger partial charge in [0.25, 0.3) is 0 Å². The van der Waals surface area contributed by atoms with Crippen molar-refractivity contribution in [3.63, 3.8) is 0 Å². The van der Waals surface area contributed by atoms with E-state index in [9.17, 15) is 4.79 Å². The van der Waals surface area contributed by atoms with Crippen LogP contribution in [0, 0.1) is 20.8 Å². The zero-order valence-corrected chi connectivity index (χ0v) is 12.9. The summed E-state index contributed by atoms with van der Waals surface area (Å²) in [5, 5.41) is 5.83. The van der Waals surface area contributed by atoms with Crippen molar-refractivity contribution < 1.29 is 9.21 Å².